The van der Waals surface area contributed by atoms with Crippen LogP contribution in [0.2, 0.25) is 0 Å². The second-order valence-electron chi connectivity index (χ2n) is 7.35. The zero-order valence-corrected chi connectivity index (χ0v) is 16.5. The van der Waals surface area contributed by atoms with Gasteiger partial charge in [0.05, 0.1) is 18.7 Å². The quantitative estimate of drug-likeness (QED) is 0.780. The number of amides is 2. The molecule has 7 nitrogen and oxygen atoms in total. The van der Waals surface area contributed by atoms with Crippen molar-refractivity contribution in [2.45, 2.75) is 19.9 Å². The molecule has 0 bridgehead atoms. The van der Waals surface area contributed by atoms with E-state index >= 15 is 0 Å². The van der Waals surface area contributed by atoms with Crippen LogP contribution in [0.1, 0.15) is 22.7 Å². The van der Waals surface area contributed by atoms with Crippen LogP contribution in [0, 0.1) is 13.8 Å². The number of urea groups is 1. The lowest BCUT2D eigenvalue weighted by Gasteiger charge is -2.36. The first-order chi connectivity index (χ1) is 12.9. The molecule has 0 spiro atoms. The molecule has 2 amide bonds. The molecule has 1 aromatic rings. The van der Waals surface area contributed by atoms with Crippen molar-refractivity contribution >= 4 is 12.0 Å². The number of carbonyl (C=O) groups excluding carboxylic acids is 2. The third-order valence-corrected chi connectivity index (χ3v) is 5.28. The SMILES string of the molecule is COC(=O)C1=C(CN2CCN(C)CC2)NC(=O)N[C@@H]1c1cc(C)ccc1C. The van der Waals surface area contributed by atoms with Gasteiger partial charge in [-0.15, -0.1) is 0 Å². The summed E-state index contributed by atoms with van der Waals surface area (Å²) in [6, 6.07) is 5.23. The number of nitrogens with one attached hydrogen (secondary N) is 2. The van der Waals surface area contributed by atoms with Crippen molar-refractivity contribution in [3.63, 3.8) is 0 Å². The predicted octanol–water partition coefficient (Wildman–Crippen LogP) is 1.33. The fourth-order valence-electron chi connectivity index (χ4n) is 3.63. The molecule has 0 unspecified atom stereocenters. The molecule has 0 aromatic heterocycles. The van der Waals surface area contributed by atoms with Crippen molar-refractivity contribution < 1.29 is 14.3 Å². The zero-order valence-electron chi connectivity index (χ0n) is 16.5. The molecule has 2 aliphatic heterocycles. The summed E-state index contributed by atoms with van der Waals surface area (Å²) >= 11 is 0. The number of nitrogens with zero attached hydrogens (tertiary/aromatic N) is 2. The molecular weight excluding hydrogens is 344 g/mol. The van der Waals surface area contributed by atoms with Crippen molar-refractivity contribution in [1.29, 1.82) is 0 Å². The van der Waals surface area contributed by atoms with Gasteiger partial charge in [-0.1, -0.05) is 23.8 Å². The van der Waals surface area contributed by atoms with Crippen molar-refractivity contribution in [3.05, 3.63) is 46.2 Å². The molecule has 1 atom stereocenters. The van der Waals surface area contributed by atoms with E-state index in [0.717, 1.165) is 42.9 Å². The number of benzene rings is 1. The summed E-state index contributed by atoms with van der Waals surface area (Å²) in [5.74, 6) is -0.419. The number of carbonyl (C=O) groups is 2. The molecule has 146 valence electrons. The molecule has 0 aliphatic carbocycles. The van der Waals surface area contributed by atoms with Gasteiger partial charge in [0, 0.05) is 38.4 Å². The van der Waals surface area contributed by atoms with E-state index in [1.165, 1.54) is 7.11 Å². The first kappa shape index (κ1) is 19.4. The molecule has 1 aromatic carbocycles. The van der Waals surface area contributed by atoms with Crippen molar-refractivity contribution in [1.82, 2.24) is 20.4 Å². The Morgan fingerprint density at radius 2 is 1.93 bits per heavy atom. The van der Waals surface area contributed by atoms with Crippen LogP contribution in [0.3, 0.4) is 0 Å². The van der Waals surface area contributed by atoms with Crippen LogP contribution in [-0.4, -0.2) is 68.7 Å². The van der Waals surface area contributed by atoms with Gasteiger partial charge in [-0.3, -0.25) is 4.90 Å². The van der Waals surface area contributed by atoms with Crippen LogP contribution in [0.25, 0.3) is 0 Å². The van der Waals surface area contributed by atoms with E-state index in [-0.39, 0.29) is 6.03 Å². The molecule has 0 radical (unpaired) electrons. The molecule has 3 rings (SSSR count). The van der Waals surface area contributed by atoms with Crippen LogP contribution in [0.15, 0.2) is 29.5 Å². The van der Waals surface area contributed by atoms with Crippen LogP contribution in [0.5, 0.6) is 0 Å². The Morgan fingerprint density at radius 1 is 1.22 bits per heavy atom. The van der Waals surface area contributed by atoms with E-state index in [1.807, 2.05) is 32.0 Å². The van der Waals surface area contributed by atoms with Crippen LogP contribution < -0.4 is 10.6 Å². The second-order valence-corrected chi connectivity index (χ2v) is 7.35. The average molecular weight is 372 g/mol. The van der Waals surface area contributed by atoms with E-state index in [1.54, 1.807) is 0 Å². The smallest absolute Gasteiger partial charge is 0.338 e. The Labute approximate surface area is 160 Å². The monoisotopic (exact) mass is 372 g/mol. The number of aryl methyl sites for hydroxylation is 2. The largest absolute Gasteiger partial charge is 0.466 e. The summed E-state index contributed by atoms with van der Waals surface area (Å²) in [6.45, 7) is 8.22. The van der Waals surface area contributed by atoms with Gasteiger partial charge in [-0.25, -0.2) is 9.59 Å². The van der Waals surface area contributed by atoms with Gasteiger partial charge < -0.3 is 20.3 Å². The maximum absolute atomic E-state index is 12.7. The molecule has 1 saturated heterocycles. The Bertz CT molecular complexity index is 766. The maximum atomic E-state index is 12.7. The third-order valence-electron chi connectivity index (χ3n) is 5.28. The van der Waals surface area contributed by atoms with Gasteiger partial charge in [0.1, 0.15) is 0 Å². The van der Waals surface area contributed by atoms with E-state index in [2.05, 4.69) is 27.5 Å². The van der Waals surface area contributed by atoms with Gasteiger partial charge in [-0.2, -0.15) is 0 Å². The summed E-state index contributed by atoms with van der Waals surface area (Å²) in [5.41, 5.74) is 4.12. The lowest BCUT2D eigenvalue weighted by molar-refractivity contribution is -0.136. The minimum atomic E-state index is -0.520. The maximum Gasteiger partial charge on any atom is 0.338 e. The number of likely N-dealkylation sites (N-methyl/N-ethyl adjacent to an activating group) is 1. The Balaban J connectivity index is 1.99. The van der Waals surface area contributed by atoms with Crippen LogP contribution in [-0.2, 0) is 9.53 Å². The molecule has 2 aliphatic rings. The van der Waals surface area contributed by atoms with Gasteiger partial charge >= 0.3 is 12.0 Å². The highest BCUT2D eigenvalue weighted by Crippen LogP contribution is 2.30. The van der Waals surface area contributed by atoms with Crippen molar-refractivity contribution in [2.24, 2.45) is 0 Å². The lowest BCUT2D eigenvalue weighted by Crippen LogP contribution is -2.51. The van der Waals surface area contributed by atoms with Gasteiger partial charge in [0.15, 0.2) is 0 Å². The minimum absolute atomic E-state index is 0.294. The summed E-state index contributed by atoms with van der Waals surface area (Å²) in [6.07, 6.45) is 0. The Kier molecular flexibility index (Phi) is 5.82. The number of rotatable bonds is 4. The first-order valence-electron chi connectivity index (χ1n) is 9.26. The van der Waals surface area contributed by atoms with Gasteiger partial charge in [-0.05, 0) is 32.0 Å². The van der Waals surface area contributed by atoms with Crippen molar-refractivity contribution in [3.8, 4) is 0 Å². The molecule has 2 N–H and O–H groups in total. The van der Waals surface area contributed by atoms with E-state index in [9.17, 15) is 9.59 Å². The van der Waals surface area contributed by atoms with E-state index in [4.69, 9.17) is 4.74 Å². The number of hydrogen-bond acceptors (Lipinski definition) is 5. The van der Waals surface area contributed by atoms with E-state index < -0.39 is 12.0 Å². The Morgan fingerprint density at radius 3 is 2.59 bits per heavy atom. The molecular formula is C20H28N4O3. The van der Waals surface area contributed by atoms with E-state index in [0.29, 0.717) is 17.8 Å². The number of hydrogen-bond donors (Lipinski definition) is 2. The molecule has 2 heterocycles. The third kappa shape index (κ3) is 4.31. The summed E-state index contributed by atoms with van der Waals surface area (Å²) in [7, 11) is 3.47. The van der Waals surface area contributed by atoms with Gasteiger partial charge in [0.25, 0.3) is 0 Å². The predicted molar refractivity (Wildman–Crippen MR) is 103 cm³/mol. The number of methoxy groups -OCH3 is 1. The summed E-state index contributed by atoms with van der Waals surface area (Å²) in [4.78, 5) is 29.6. The fourth-order valence-corrected chi connectivity index (χ4v) is 3.63. The van der Waals surface area contributed by atoms with Crippen LogP contribution in [0.4, 0.5) is 4.79 Å². The summed E-state index contributed by atoms with van der Waals surface area (Å²) in [5, 5.41) is 5.75. The fraction of sp³-hybridized carbons (Fsp3) is 0.500. The zero-order chi connectivity index (χ0) is 19.6. The molecule has 0 saturated carbocycles. The second kappa shape index (κ2) is 8.10. The topological polar surface area (TPSA) is 73.9 Å². The number of piperazine rings is 1. The van der Waals surface area contributed by atoms with Crippen LogP contribution >= 0.6 is 0 Å². The summed E-state index contributed by atoms with van der Waals surface area (Å²) < 4.78 is 5.07. The Hall–Kier alpha value is -2.38. The highest BCUT2D eigenvalue weighted by atomic mass is 16.5. The van der Waals surface area contributed by atoms with Gasteiger partial charge in [0.2, 0.25) is 0 Å². The number of esters is 1. The normalized spacial score (nSPS) is 21.6. The van der Waals surface area contributed by atoms with Crippen molar-refractivity contribution in [2.75, 3.05) is 46.9 Å². The molecule has 1 fully saturated rings. The lowest BCUT2D eigenvalue weighted by atomic mass is 9.91. The standard InChI is InChI=1S/C20H28N4O3/c1-13-5-6-14(2)15(11-13)18-17(19(25)27-4)16(21-20(26)22-18)12-24-9-7-23(3)8-10-24/h5-6,11,18H,7-10,12H2,1-4H3,(H2,21,22,26)/t18-/m1/s1. The highest BCUT2D eigenvalue weighted by molar-refractivity contribution is 5.95. The highest BCUT2D eigenvalue weighted by Gasteiger charge is 2.35. The average Bonchev–Trinajstić information content (AvgIpc) is 2.64. The number of ether oxygens (including phenoxy) is 1. The minimum Gasteiger partial charge on any atom is -0.466 e. The molecule has 27 heavy (non-hydrogen) atoms. The molecule has 7 heteroatoms. The first-order valence-corrected chi connectivity index (χ1v) is 9.26.